The lowest BCUT2D eigenvalue weighted by Gasteiger charge is -2.25. The highest BCUT2D eigenvalue weighted by Gasteiger charge is 2.13. The minimum atomic E-state index is -0.808. The molecule has 0 saturated carbocycles. The van der Waals surface area contributed by atoms with Crippen LogP contribution in [0, 0.1) is 0 Å². The number of nitrogens with two attached hydrogens (primary N) is 1. The van der Waals surface area contributed by atoms with Crippen LogP contribution < -0.4 is 10.6 Å². The highest BCUT2D eigenvalue weighted by atomic mass is 79.9. The van der Waals surface area contributed by atoms with Crippen LogP contribution >= 0.6 is 27.3 Å². The predicted octanol–water partition coefficient (Wildman–Crippen LogP) is 3.57. The van der Waals surface area contributed by atoms with Crippen molar-refractivity contribution >= 4 is 44.6 Å². The second-order valence-electron chi connectivity index (χ2n) is 4.36. The molecule has 0 radical (unpaired) electrons. The Kier molecular flexibility index (Phi) is 5.03. The molecule has 1 heterocycles. The molecule has 3 N–H and O–H groups in total. The van der Waals surface area contributed by atoms with Crippen LogP contribution in [-0.4, -0.2) is 17.6 Å². The number of nitrogens with zero attached hydrogens (tertiary/aromatic N) is 1. The van der Waals surface area contributed by atoms with Gasteiger partial charge in [-0.3, -0.25) is 4.79 Å². The van der Waals surface area contributed by atoms with Gasteiger partial charge in [0.25, 0.3) is 0 Å². The van der Waals surface area contributed by atoms with E-state index in [2.05, 4.69) is 15.9 Å². The summed E-state index contributed by atoms with van der Waals surface area (Å²) in [7, 11) is 0. The highest BCUT2D eigenvalue weighted by Crippen LogP contribution is 2.27. The largest absolute Gasteiger partial charge is 0.481 e. The molecular weight excluding hydrogens is 340 g/mol. The van der Waals surface area contributed by atoms with E-state index in [1.165, 1.54) is 0 Å². The summed E-state index contributed by atoms with van der Waals surface area (Å²) >= 11 is 5.06. The van der Waals surface area contributed by atoms with Crippen molar-refractivity contribution in [2.45, 2.75) is 13.0 Å². The fourth-order valence-electron chi connectivity index (χ4n) is 1.92. The number of anilines is 2. The Balaban J connectivity index is 2.20. The third-order valence-electron chi connectivity index (χ3n) is 2.84. The molecule has 106 valence electrons. The summed E-state index contributed by atoms with van der Waals surface area (Å²) in [6.45, 7) is 1.08. The summed E-state index contributed by atoms with van der Waals surface area (Å²) in [4.78, 5) is 14.0. The summed E-state index contributed by atoms with van der Waals surface area (Å²) in [5.41, 5.74) is 7.53. The van der Waals surface area contributed by atoms with E-state index >= 15 is 0 Å². The first-order chi connectivity index (χ1) is 9.56. The number of carboxylic acids is 1. The van der Waals surface area contributed by atoms with Crippen LogP contribution in [0.25, 0.3) is 0 Å². The lowest BCUT2D eigenvalue weighted by atomic mass is 10.2. The van der Waals surface area contributed by atoms with E-state index in [-0.39, 0.29) is 6.42 Å². The van der Waals surface area contributed by atoms with E-state index in [1.54, 1.807) is 11.3 Å². The van der Waals surface area contributed by atoms with E-state index in [0.717, 1.165) is 15.0 Å². The zero-order chi connectivity index (χ0) is 14.5. The van der Waals surface area contributed by atoms with Crippen molar-refractivity contribution in [3.63, 3.8) is 0 Å². The standard InChI is InChI=1S/C14H15BrN2O2S/c15-10-7-11(20-9-10)8-17(6-5-14(18)19)13-4-2-1-3-12(13)16/h1-4,7,9H,5-6,8,16H2,(H,18,19). The van der Waals surface area contributed by atoms with Crippen molar-refractivity contribution in [1.82, 2.24) is 0 Å². The van der Waals surface area contributed by atoms with E-state index in [9.17, 15) is 4.79 Å². The average Bonchev–Trinajstić information content (AvgIpc) is 2.81. The van der Waals surface area contributed by atoms with Crippen LogP contribution in [0.3, 0.4) is 0 Å². The second-order valence-corrected chi connectivity index (χ2v) is 6.27. The van der Waals surface area contributed by atoms with Crippen LogP contribution in [0.1, 0.15) is 11.3 Å². The number of nitrogen functional groups attached to an aromatic ring is 1. The van der Waals surface area contributed by atoms with Crippen molar-refractivity contribution in [3.05, 3.63) is 45.1 Å². The van der Waals surface area contributed by atoms with Gasteiger partial charge in [0.05, 0.1) is 24.3 Å². The van der Waals surface area contributed by atoms with Gasteiger partial charge in [-0.1, -0.05) is 12.1 Å². The van der Waals surface area contributed by atoms with E-state index in [0.29, 0.717) is 18.8 Å². The van der Waals surface area contributed by atoms with Gasteiger partial charge in [-0.15, -0.1) is 11.3 Å². The lowest BCUT2D eigenvalue weighted by Crippen LogP contribution is -2.26. The molecule has 0 saturated heterocycles. The summed E-state index contributed by atoms with van der Waals surface area (Å²) < 4.78 is 1.04. The van der Waals surface area contributed by atoms with Crippen molar-refractivity contribution in [2.24, 2.45) is 0 Å². The molecule has 20 heavy (non-hydrogen) atoms. The molecule has 1 aromatic carbocycles. The Hall–Kier alpha value is -1.53. The molecule has 0 bridgehead atoms. The number of hydrogen-bond acceptors (Lipinski definition) is 4. The zero-order valence-electron chi connectivity index (χ0n) is 10.8. The first-order valence-corrected chi connectivity index (χ1v) is 7.77. The predicted molar refractivity (Wildman–Crippen MR) is 86.2 cm³/mol. The molecule has 0 aliphatic carbocycles. The quantitative estimate of drug-likeness (QED) is 0.778. The number of carbonyl (C=O) groups is 1. The molecule has 0 atom stereocenters. The summed E-state index contributed by atoms with van der Waals surface area (Å²) in [5, 5.41) is 10.9. The first-order valence-electron chi connectivity index (χ1n) is 6.10. The maximum Gasteiger partial charge on any atom is 0.305 e. The van der Waals surface area contributed by atoms with E-state index in [4.69, 9.17) is 10.8 Å². The number of hydrogen-bond donors (Lipinski definition) is 2. The zero-order valence-corrected chi connectivity index (χ0v) is 13.2. The average molecular weight is 355 g/mol. The van der Waals surface area contributed by atoms with Crippen molar-refractivity contribution in [2.75, 3.05) is 17.2 Å². The Labute approximate surface area is 130 Å². The molecule has 0 aliphatic heterocycles. The minimum absolute atomic E-state index is 0.0842. The van der Waals surface area contributed by atoms with Crippen LogP contribution in [0.2, 0.25) is 0 Å². The molecule has 6 heteroatoms. The third-order valence-corrected chi connectivity index (χ3v) is 4.52. The number of halogens is 1. The molecule has 0 spiro atoms. The maximum atomic E-state index is 10.8. The molecule has 0 aliphatic rings. The van der Waals surface area contributed by atoms with Gasteiger partial charge in [0.15, 0.2) is 0 Å². The summed E-state index contributed by atoms with van der Waals surface area (Å²) in [6, 6.07) is 9.56. The molecule has 2 aromatic rings. The van der Waals surface area contributed by atoms with Crippen molar-refractivity contribution in [1.29, 1.82) is 0 Å². The second kappa shape index (κ2) is 6.76. The molecule has 2 rings (SSSR count). The van der Waals surface area contributed by atoms with Gasteiger partial charge in [0, 0.05) is 21.3 Å². The fourth-order valence-corrected chi connectivity index (χ4v) is 3.38. The van der Waals surface area contributed by atoms with Crippen LogP contribution in [0.4, 0.5) is 11.4 Å². The molecule has 0 fully saturated rings. The molecule has 1 aromatic heterocycles. The Morgan fingerprint density at radius 2 is 2.15 bits per heavy atom. The number of para-hydroxylation sites is 2. The Bertz CT molecular complexity index is 600. The third kappa shape index (κ3) is 3.98. The number of rotatable bonds is 6. The Morgan fingerprint density at radius 1 is 1.40 bits per heavy atom. The summed E-state index contributed by atoms with van der Waals surface area (Å²) in [6.07, 6.45) is 0.0842. The van der Waals surface area contributed by atoms with E-state index in [1.807, 2.05) is 40.6 Å². The van der Waals surface area contributed by atoms with Crippen LogP contribution in [0.15, 0.2) is 40.2 Å². The monoisotopic (exact) mass is 354 g/mol. The SMILES string of the molecule is Nc1ccccc1N(CCC(=O)O)Cc1cc(Br)cs1. The molecule has 0 unspecified atom stereocenters. The van der Waals surface area contributed by atoms with Gasteiger partial charge in [-0.25, -0.2) is 0 Å². The van der Waals surface area contributed by atoms with Gasteiger partial charge in [-0.2, -0.15) is 0 Å². The van der Waals surface area contributed by atoms with Crippen molar-refractivity contribution in [3.8, 4) is 0 Å². The molecular formula is C14H15BrN2O2S. The van der Waals surface area contributed by atoms with Crippen LogP contribution in [-0.2, 0) is 11.3 Å². The van der Waals surface area contributed by atoms with Gasteiger partial charge in [0.1, 0.15) is 0 Å². The number of carboxylic acid groups (broad SMARTS) is 1. The minimum Gasteiger partial charge on any atom is -0.481 e. The number of benzene rings is 1. The number of thiophene rings is 1. The topological polar surface area (TPSA) is 66.6 Å². The van der Waals surface area contributed by atoms with Gasteiger partial charge in [-0.05, 0) is 34.1 Å². The smallest absolute Gasteiger partial charge is 0.305 e. The molecule has 4 nitrogen and oxygen atoms in total. The fraction of sp³-hybridized carbons (Fsp3) is 0.214. The maximum absolute atomic E-state index is 10.8. The van der Waals surface area contributed by atoms with Crippen LogP contribution in [0.5, 0.6) is 0 Å². The lowest BCUT2D eigenvalue weighted by molar-refractivity contribution is -0.136. The molecule has 0 amide bonds. The highest BCUT2D eigenvalue weighted by molar-refractivity contribution is 9.10. The first kappa shape index (κ1) is 14.9. The number of aliphatic carboxylic acids is 1. The van der Waals surface area contributed by atoms with E-state index < -0.39 is 5.97 Å². The van der Waals surface area contributed by atoms with Gasteiger partial charge < -0.3 is 15.7 Å². The van der Waals surface area contributed by atoms with Crippen molar-refractivity contribution < 1.29 is 9.90 Å². The van der Waals surface area contributed by atoms with Gasteiger partial charge >= 0.3 is 5.97 Å². The normalized spacial score (nSPS) is 10.4. The van der Waals surface area contributed by atoms with Gasteiger partial charge in [0.2, 0.25) is 0 Å². The Morgan fingerprint density at radius 3 is 2.75 bits per heavy atom. The summed E-state index contributed by atoms with van der Waals surface area (Å²) in [5.74, 6) is -0.808.